The summed E-state index contributed by atoms with van der Waals surface area (Å²) in [7, 11) is 0. The highest BCUT2D eigenvalue weighted by atomic mass is 14.4. The lowest BCUT2D eigenvalue weighted by atomic mass is 9.78. The van der Waals surface area contributed by atoms with Crippen molar-refractivity contribution in [3.8, 4) is 0 Å². The maximum Gasteiger partial charge on any atom is -0.0197 e. The molecule has 0 radical (unpaired) electrons. The highest BCUT2D eigenvalue weighted by Crippen LogP contribution is 2.48. The maximum atomic E-state index is 3.81. The largest absolute Gasteiger partial charge is 0.103 e. The minimum atomic E-state index is 0.934. The van der Waals surface area contributed by atoms with Crippen LogP contribution >= 0.6 is 0 Å². The van der Waals surface area contributed by atoms with E-state index in [1.807, 2.05) is 0 Å². The molecule has 2 bridgehead atoms. The summed E-state index contributed by atoms with van der Waals surface area (Å²) in [5.74, 6) is 3.86. The van der Waals surface area contributed by atoms with Crippen LogP contribution in [0.4, 0.5) is 0 Å². The molecular weight excluding hydrogens is 180 g/mol. The molecule has 1 saturated carbocycles. The summed E-state index contributed by atoms with van der Waals surface area (Å²) in [5, 5.41) is 0. The molecular formula is C15H24. The highest BCUT2D eigenvalue weighted by Gasteiger charge is 2.38. The fraction of sp³-hybridized carbons (Fsp3) is 0.733. The van der Waals surface area contributed by atoms with Crippen molar-refractivity contribution in [1.29, 1.82) is 0 Å². The summed E-state index contributed by atoms with van der Waals surface area (Å²) < 4.78 is 0. The molecule has 4 unspecified atom stereocenters. The summed E-state index contributed by atoms with van der Waals surface area (Å²) in [6.45, 7) is 6.18. The molecule has 2 aliphatic carbocycles. The first-order valence-corrected chi connectivity index (χ1v) is 6.64. The average Bonchev–Trinajstić information content (AvgIpc) is 2.86. The molecule has 0 aromatic heterocycles. The van der Waals surface area contributed by atoms with Crippen molar-refractivity contribution in [2.75, 3.05) is 0 Å². The van der Waals surface area contributed by atoms with Crippen LogP contribution < -0.4 is 0 Å². The van der Waals surface area contributed by atoms with Gasteiger partial charge in [-0.2, -0.15) is 0 Å². The lowest BCUT2D eigenvalue weighted by Crippen LogP contribution is -2.18. The summed E-state index contributed by atoms with van der Waals surface area (Å²) in [5.41, 5.74) is 0. The molecule has 2 rings (SSSR count). The monoisotopic (exact) mass is 204 g/mol. The van der Waals surface area contributed by atoms with E-state index >= 15 is 0 Å². The third-order valence-corrected chi connectivity index (χ3v) is 4.44. The Morgan fingerprint density at radius 1 is 1.40 bits per heavy atom. The third kappa shape index (κ3) is 2.35. The minimum Gasteiger partial charge on any atom is -0.103 e. The normalized spacial score (nSPS) is 34.6. The second kappa shape index (κ2) is 5.01. The summed E-state index contributed by atoms with van der Waals surface area (Å²) in [6, 6.07) is 0. The lowest BCUT2D eigenvalue weighted by molar-refractivity contribution is 0.259. The van der Waals surface area contributed by atoms with Gasteiger partial charge >= 0.3 is 0 Å². The fourth-order valence-electron chi connectivity index (χ4n) is 3.61. The maximum absolute atomic E-state index is 3.81. The van der Waals surface area contributed by atoms with Crippen molar-refractivity contribution in [1.82, 2.24) is 0 Å². The quantitative estimate of drug-likeness (QED) is 0.439. The predicted octanol–water partition coefficient (Wildman–Crippen LogP) is 4.58. The van der Waals surface area contributed by atoms with Crippen LogP contribution in [0.25, 0.3) is 0 Å². The first-order valence-electron chi connectivity index (χ1n) is 6.64. The van der Waals surface area contributed by atoms with Gasteiger partial charge in [0.1, 0.15) is 0 Å². The Morgan fingerprint density at radius 3 is 2.80 bits per heavy atom. The number of hydrogen-bond acceptors (Lipinski definition) is 0. The molecule has 0 amide bonds. The Balaban J connectivity index is 1.84. The zero-order valence-electron chi connectivity index (χ0n) is 9.99. The van der Waals surface area contributed by atoms with Crippen LogP contribution in [0, 0.1) is 23.7 Å². The van der Waals surface area contributed by atoms with Gasteiger partial charge in [0.2, 0.25) is 0 Å². The van der Waals surface area contributed by atoms with Gasteiger partial charge in [-0.05, 0) is 55.8 Å². The SMILES string of the molecule is C=CCCCC(CC)C1CC2C=CC1C2. The van der Waals surface area contributed by atoms with Crippen LogP contribution in [-0.2, 0) is 0 Å². The molecule has 0 aliphatic heterocycles. The molecule has 0 saturated heterocycles. The summed E-state index contributed by atoms with van der Waals surface area (Å²) in [4.78, 5) is 0. The van der Waals surface area contributed by atoms with E-state index in [0.29, 0.717) is 0 Å². The van der Waals surface area contributed by atoms with Crippen molar-refractivity contribution in [3.05, 3.63) is 24.8 Å². The second-order valence-electron chi connectivity index (χ2n) is 5.33. The molecule has 2 aliphatic rings. The predicted molar refractivity (Wildman–Crippen MR) is 66.7 cm³/mol. The van der Waals surface area contributed by atoms with E-state index in [1.165, 1.54) is 38.5 Å². The van der Waals surface area contributed by atoms with Gasteiger partial charge < -0.3 is 0 Å². The summed E-state index contributed by atoms with van der Waals surface area (Å²) >= 11 is 0. The summed E-state index contributed by atoms with van der Waals surface area (Å²) in [6.07, 6.45) is 15.3. The zero-order valence-corrected chi connectivity index (χ0v) is 9.99. The average molecular weight is 204 g/mol. The lowest BCUT2D eigenvalue weighted by Gasteiger charge is -2.27. The molecule has 0 heterocycles. The molecule has 0 N–H and O–H groups in total. The highest BCUT2D eigenvalue weighted by molar-refractivity contribution is 5.10. The Bertz CT molecular complexity index is 238. The van der Waals surface area contributed by atoms with Gasteiger partial charge in [-0.3, -0.25) is 0 Å². The number of unbranched alkanes of at least 4 members (excludes halogenated alkanes) is 1. The van der Waals surface area contributed by atoms with Crippen LogP contribution in [0.15, 0.2) is 24.8 Å². The smallest absolute Gasteiger partial charge is 0.0197 e. The second-order valence-corrected chi connectivity index (χ2v) is 5.33. The van der Waals surface area contributed by atoms with Gasteiger partial charge in [0, 0.05) is 0 Å². The Morgan fingerprint density at radius 2 is 2.27 bits per heavy atom. The standard InChI is InChI=1S/C15H24/c1-3-5-6-7-13(4-2)15-11-12-8-9-14(15)10-12/h3,8-9,12-15H,1,4-7,10-11H2,2H3. The zero-order chi connectivity index (χ0) is 10.7. The first-order chi connectivity index (χ1) is 7.35. The Hall–Kier alpha value is -0.520. The number of rotatable bonds is 6. The van der Waals surface area contributed by atoms with Gasteiger partial charge in [0.25, 0.3) is 0 Å². The molecule has 4 atom stereocenters. The van der Waals surface area contributed by atoms with E-state index < -0.39 is 0 Å². The number of allylic oxidation sites excluding steroid dienone is 3. The van der Waals surface area contributed by atoms with Crippen LogP contribution in [0.1, 0.15) is 45.4 Å². The first kappa shape index (κ1) is 11.0. The van der Waals surface area contributed by atoms with E-state index in [-0.39, 0.29) is 0 Å². The van der Waals surface area contributed by atoms with Gasteiger partial charge in [0.15, 0.2) is 0 Å². The van der Waals surface area contributed by atoms with Crippen molar-refractivity contribution in [3.63, 3.8) is 0 Å². The molecule has 84 valence electrons. The molecule has 0 aromatic carbocycles. The van der Waals surface area contributed by atoms with E-state index in [9.17, 15) is 0 Å². The van der Waals surface area contributed by atoms with Crippen molar-refractivity contribution >= 4 is 0 Å². The number of fused-ring (bicyclic) bond motifs is 2. The van der Waals surface area contributed by atoms with Crippen molar-refractivity contribution < 1.29 is 0 Å². The Labute approximate surface area is 94.5 Å². The molecule has 15 heavy (non-hydrogen) atoms. The molecule has 0 aromatic rings. The topological polar surface area (TPSA) is 0 Å². The van der Waals surface area contributed by atoms with Crippen molar-refractivity contribution in [2.45, 2.75) is 45.4 Å². The van der Waals surface area contributed by atoms with Crippen LogP contribution in [0.5, 0.6) is 0 Å². The molecule has 1 fully saturated rings. The fourth-order valence-corrected chi connectivity index (χ4v) is 3.61. The van der Waals surface area contributed by atoms with Crippen LogP contribution in [-0.4, -0.2) is 0 Å². The molecule has 0 nitrogen and oxygen atoms in total. The van der Waals surface area contributed by atoms with Gasteiger partial charge in [-0.25, -0.2) is 0 Å². The van der Waals surface area contributed by atoms with Gasteiger partial charge in [-0.15, -0.1) is 6.58 Å². The molecule has 0 spiro atoms. The van der Waals surface area contributed by atoms with E-state index in [2.05, 4.69) is 31.7 Å². The van der Waals surface area contributed by atoms with Crippen molar-refractivity contribution in [2.24, 2.45) is 23.7 Å². The minimum absolute atomic E-state index is 0.934. The molecule has 0 heteroatoms. The third-order valence-electron chi connectivity index (χ3n) is 4.44. The van der Waals surface area contributed by atoms with Gasteiger partial charge in [0.05, 0.1) is 0 Å². The van der Waals surface area contributed by atoms with Gasteiger partial charge in [-0.1, -0.05) is 31.6 Å². The van der Waals surface area contributed by atoms with E-state index in [1.54, 1.807) is 0 Å². The van der Waals surface area contributed by atoms with Crippen LogP contribution in [0.2, 0.25) is 0 Å². The van der Waals surface area contributed by atoms with E-state index in [4.69, 9.17) is 0 Å². The number of hydrogen-bond donors (Lipinski definition) is 0. The Kier molecular flexibility index (Phi) is 3.66. The van der Waals surface area contributed by atoms with E-state index in [0.717, 1.165) is 23.7 Å². The van der Waals surface area contributed by atoms with Crippen LogP contribution in [0.3, 0.4) is 0 Å².